The van der Waals surface area contributed by atoms with Crippen LogP contribution in [0.5, 0.6) is 5.75 Å². The Balaban J connectivity index is 1.29. The fraction of sp³-hybridized carbons (Fsp3) is 0.606. The Morgan fingerprint density at radius 1 is 1.20 bits per heavy atom. The fourth-order valence-electron chi connectivity index (χ4n) is 9.10. The van der Waals surface area contributed by atoms with E-state index in [-0.39, 0.29) is 47.2 Å². The number of Topliss-reactive ketones (excluding diaryl/α,β-unsaturated/α-hetero) is 1. The molecule has 0 bridgehead atoms. The van der Waals surface area contributed by atoms with Crippen molar-refractivity contribution in [1.29, 1.82) is 0 Å². The van der Waals surface area contributed by atoms with Crippen LogP contribution in [0.3, 0.4) is 0 Å². The Labute approximate surface area is 241 Å². The minimum absolute atomic E-state index is 0.0135. The number of benzene rings is 1. The first kappa shape index (κ1) is 28.3. The molecule has 4 fully saturated rings. The van der Waals surface area contributed by atoms with Gasteiger partial charge in [-0.2, -0.15) is 0 Å². The second kappa shape index (κ2) is 10.2. The first-order valence-corrected chi connectivity index (χ1v) is 15.0. The minimum atomic E-state index is -1.21. The van der Waals surface area contributed by atoms with Gasteiger partial charge in [-0.3, -0.25) is 14.4 Å². The van der Waals surface area contributed by atoms with Gasteiger partial charge in [0.25, 0.3) is 0 Å². The molecule has 1 aromatic carbocycles. The standard InChI is InChI=1S/C33H41NO7/c1-5-6-29-40-28-16-25-24-12-7-20-15-22(36)13-14-31(20,3)30(24)26(37)17-32(25,4)33(28,41-29)27(38)18-39-23-10-8-21(9-11-23)34-19(2)35/h8-11,13-15,24-26,28-30,37H,5-7,12,16-18H2,1-4H3,(H,34,35)/t24?,25?,26?,28-,29?,30?,31?,32?,33-/m1/s1. The molecule has 0 aromatic heterocycles. The van der Waals surface area contributed by atoms with E-state index in [0.29, 0.717) is 30.7 Å². The molecule has 1 aromatic rings. The number of amides is 1. The second-order valence-corrected chi connectivity index (χ2v) is 13.1. The first-order chi connectivity index (χ1) is 19.5. The summed E-state index contributed by atoms with van der Waals surface area (Å²) >= 11 is 0. The van der Waals surface area contributed by atoms with Crippen LogP contribution in [0, 0.1) is 28.6 Å². The smallest absolute Gasteiger partial charge is 0.221 e. The van der Waals surface area contributed by atoms with Gasteiger partial charge in [-0.1, -0.05) is 38.8 Å². The SMILES string of the molecule is CCCC1O[C@@H]2CC3C4CCC5=CC(=O)C=CC5(C)C4C(O)CC3(C)[C@]2(C(=O)COc2ccc(NC(C)=O)cc2)O1. The number of carbonyl (C=O) groups is 3. The van der Waals surface area contributed by atoms with Gasteiger partial charge in [0, 0.05) is 29.4 Å². The Morgan fingerprint density at radius 3 is 2.66 bits per heavy atom. The zero-order valence-corrected chi connectivity index (χ0v) is 24.4. The zero-order chi connectivity index (χ0) is 29.2. The maximum atomic E-state index is 14.3. The quantitative estimate of drug-likeness (QED) is 0.492. The van der Waals surface area contributed by atoms with Crippen molar-refractivity contribution in [3.05, 3.63) is 48.1 Å². The lowest BCUT2D eigenvalue weighted by atomic mass is 9.46. The van der Waals surface area contributed by atoms with Gasteiger partial charge in [0.1, 0.15) is 12.4 Å². The molecule has 8 heteroatoms. The molecule has 0 radical (unpaired) electrons. The van der Waals surface area contributed by atoms with Gasteiger partial charge in [0.2, 0.25) is 11.7 Å². The van der Waals surface area contributed by atoms with Crippen LogP contribution in [0.4, 0.5) is 5.69 Å². The van der Waals surface area contributed by atoms with Crippen LogP contribution in [-0.2, 0) is 23.9 Å². The normalized spacial score (nSPS) is 40.6. The maximum Gasteiger partial charge on any atom is 0.221 e. The van der Waals surface area contributed by atoms with Gasteiger partial charge in [-0.05, 0) is 80.4 Å². The molecule has 0 spiro atoms. The highest BCUT2D eigenvalue weighted by atomic mass is 16.7. The Kier molecular flexibility index (Phi) is 7.03. The highest BCUT2D eigenvalue weighted by Crippen LogP contribution is 2.69. The predicted molar refractivity (Wildman–Crippen MR) is 152 cm³/mol. The van der Waals surface area contributed by atoms with Crippen molar-refractivity contribution >= 4 is 23.2 Å². The number of anilines is 1. The largest absolute Gasteiger partial charge is 0.486 e. The molecular formula is C33H41NO7. The summed E-state index contributed by atoms with van der Waals surface area (Å²) in [6.07, 6.45) is 8.19. The molecular weight excluding hydrogens is 522 g/mol. The maximum absolute atomic E-state index is 14.3. The summed E-state index contributed by atoms with van der Waals surface area (Å²) < 4.78 is 19.2. The highest BCUT2D eigenvalue weighted by molar-refractivity contribution is 6.01. The number of hydrogen-bond acceptors (Lipinski definition) is 7. The molecule has 220 valence electrons. The Morgan fingerprint density at radius 2 is 1.95 bits per heavy atom. The number of rotatable bonds is 7. The third-order valence-electron chi connectivity index (χ3n) is 10.8. The second-order valence-electron chi connectivity index (χ2n) is 13.1. The van der Waals surface area contributed by atoms with Crippen molar-refractivity contribution < 1.29 is 33.7 Å². The van der Waals surface area contributed by atoms with Crippen LogP contribution in [0.25, 0.3) is 0 Å². The van der Waals surface area contributed by atoms with E-state index < -0.39 is 29.5 Å². The molecule has 6 rings (SSSR count). The number of hydrogen-bond donors (Lipinski definition) is 2. The van der Waals surface area contributed by atoms with Crippen molar-refractivity contribution in [2.24, 2.45) is 28.6 Å². The lowest BCUT2D eigenvalue weighted by Crippen LogP contribution is -2.63. The van der Waals surface area contributed by atoms with E-state index in [1.165, 1.54) is 6.92 Å². The third-order valence-corrected chi connectivity index (χ3v) is 10.8. The number of aliphatic hydroxyl groups excluding tert-OH is 1. The summed E-state index contributed by atoms with van der Waals surface area (Å²) in [7, 11) is 0. The van der Waals surface area contributed by atoms with Gasteiger partial charge < -0.3 is 24.6 Å². The molecule has 3 saturated carbocycles. The van der Waals surface area contributed by atoms with E-state index >= 15 is 0 Å². The summed E-state index contributed by atoms with van der Waals surface area (Å²) in [5, 5.41) is 14.6. The average Bonchev–Trinajstić information content (AvgIpc) is 3.40. The third kappa shape index (κ3) is 4.33. The van der Waals surface area contributed by atoms with Gasteiger partial charge >= 0.3 is 0 Å². The highest BCUT2D eigenvalue weighted by Gasteiger charge is 2.75. The number of ether oxygens (including phenoxy) is 3. The number of allylic oxidation sites excluding steroid dienone is 4. The van der Waals surface area contributed by atoms with Crippen molar-refractivity contribution in [1.82, 2.24) is 0 Å². The summed E-state index contributed by atoms with van der Waals surface area (Å²) in [5.74, 6) is 0.457. The summed E-state index contributed by atoms with van der Waals surface area (Å²) in [4.78, 5) is 37.8. The van der Waals surface area contributed by atoms with Gasteiger partial charge in [0.05, 0.1) is 12.2 Å². The van der Waals surface area contributed by atoms with E-state index in [9.17, 15) is 19.5 Å². The summed E-state index contributed by atoms with van der Waals surface area (Å²) in [6.45, 7) is 7.60. The van der Waals surface area contributed by atoms with Crippen molar-refractivity contribution in [3.8, 4) is 5.75 Å². The van der Waals surface area contributed by atoms with Crippen LogP contribution in [0.15, 0.2) is 48.1 Å². The minimum Gasteiger partial charge on any atom is -0.486 e. The molecule has 41 heavy (non-hydrogen) atoms. The first-order valence-electron chi connectivity index (χ1n) is 15.0. The van der Waals surface area contributed by atoms with E-state index in [1.807, 2.05) is 6.08 Å². The molecule has 1 aliphatic heterocycles. The average molecular weight is 564 g/mol. The lowest BCUT2D eigenvalue weighted by molar-refractivity contribution is -0.200. The van der Waals surface area contributed by atoms with Crippen LogP contribution < -0.4 is 10.1 Å². The molecule has 1 saturated heterocycles. The van der Waals surface area contributed by atoms with Crippen molar-refractivity contribution in [2.75, 3.05) is 11.9 Å². The molecule has 7 unspecified atom stereocenters. The molecule has 8 nitrogen and oxygen atoms in total. The molecule has 9 atom stereocenters. The van der Waals surface area contributed by atoms with Crippen molar-refractivity contribution in [2.45, 2.75) is 90.3 Å². The number of aliphatic hydroxyl groups is 1. The molecule has 2 N–H and O–H groups in total. The number of nitrogens with one attached hydrogen (secondary N) is 1. The van der Waals surface area contributed by atoms with Crippen molar-refractivity contribution in [3.63, 3.8) is 0 Å². The van der Waals surface area contributed by atoms with E-state index in [0.717, 1.165) is 24.8 Å². The monoisotopic (exact) mass is 563 g/mol. The van der Waals surface area contributed by atoms with Gasteiger partial charge in [-0.25, -0.2) is 0 Å². The zero-order valence-electron chi connectivity index (χ0n) is 24.4. The van der Waals surface area contributed by atoms with Gasteiger partial charge in [0.15, 0.2) is 17.7 Å². The van der Waals surface area contributed by atoms with Crippen LogP contribution in [0.2, 0.25) is 0 Å². The van der Waals surface area contributed by atoms with E-state index in [4.69, 9.17) is 14.2 Å². The fourth-order valence-corrected chi connectivity index (χ4v) is 9.10. The molecule has 1 heterocycles. The molecule has 5 aliphatic rings. The Hall–Kier alpha value is -2.81. The number of fused-ring (bicyclic) bond motifs is 7. The summed E-state index contributed by atoms with van der Waals surface area (Å²) in [5.41, 5.74) is -0.479. The van der Waals surface area contributed by atoms with Crippen LogP contribution >= 0.6 is 0 Å². The van der Waals surface area contributed by atoms with E-state index in [1.54, 1.807) is 36.4 Å². The van der Waals surface area contributed by atoms with E-state index in [2.05, 4.69) is 26.1 Å². The van der Waals surface area contributed by atoms with Crippen LogP contribution in [-0.4, -0.2) is 53.3 Å². The molecule has 1 amide bonds. The molecule has 4 aliphatic carbocycles. The number of ketones is 2. The number of carbonyl (C=O) groups excluding carboxylic acids is 3. The van der Waals surface area contributed by atoms with Crippen LogP contribution in [0.1, 0.15) is 66.2 Å². The predicted octanol–water partition coefficient (Wildman–Crippen LogP) is 4.76. The Bertz CT molecular complexity index is 1300. The topological polar surface area (TPSA) is 111 Å². The van der Waals surface area contributed by atoms with Gasteiger partial charge in [-0.15, -0.1) is 0 Å². The lowest BCUT2D eigenvalue weighted by Gasteiger charge is -2.59. The summed E-state index contributed by atoms with van der Waals surface area (Å²) in [6, 6.07) is 6.92.